The monoisotopic (exact) mass is 289 g/mol. The molecule has 1 aromatic rings. The van der Waals surface area contributed by atoms with Crippen LogP contribution >= 0.6 is 0 Å². The van der Waals surface area contributed by atoms with Crippen molar-refractivity contribution in [3.8, 4) is 0 Å². The molecule has 0 bridgehead atoms. The Morgan fingerprint density at radius 3 is 2.32 bits per heavy atom. The second kappa shape index (κ2) is 5.59. The van der Waals surface area contributed by atoms with Gasteiger partial charge in [-0.3, -0.25) is 10.1 Å². The van der Waals surface area contributed by atoms with Gasteiger partial charge in [-0.25, -0.2) is 8.42 Å². The van der Waals surface area contributed by atoms with E-state index in [2.05, 4.69) is 4.83 Å². The molecular formula is C9H11N3O6S. The molecule has 0 saturated carbocycles. The zero-order valence-corrected chi connectivity index (χ0v) is 10.5. The fourth-order valence-electron chi connectivity index (χ4n) is 1.41. The molecule has 0 unspecified atom stereocenters. The number of sulfonamides is 1. The normalized spacial score (nSPS) is 17.3. The number of hydrogen-bond acceptors (Lipinski definition) is 7. The van der Waals surface area contributed by atoms with Gasteiger partial charge in [-0.1, -0.05) is 0 Å². The van der Waals surface area contributed by atoms with E-state index in [-0.39, 0.29) is 30.8 Å². The first-order valence-corrected chi connectivity index (χ1v) is 6.65. The number of nitro benzene ring substituents is 1. The third-order valence-corrected chi connectivity index (χ3v) is 3.66. The van der Waals surface area contributed by atoms with E-state index in [1.807, 2.05) is 0 Å². The topological polar surface area (TPSA) is 111 Å². The van der Waals surface area contributed by atoms with Crippen LogP contribution in [0.15, 0.2) is 29.2 Å². The number of hydrazine groups is 1. The van der Waals surface area contributed by atoms with Crippen LogP contribution in [0.1, 0.15) is 0 Å². The van der Waals surface area contributed by atoms with Crippen LogP contribution in [0.4, 0.5) is 5.69 Å². The van der Waals surface area contributed by atoms with Crippen LogP contribution in [0.2, 0.25) is 0 Å². The Labute approximate surface area is 108 Å². The summed E-state index contributed by atoms with van der Waals surface area (Å²) in [7, 11) is -3.81. The van der Waals surface area contributed by atoms with E-state index in [1.54, 1.807) is 0 Å². The summed E-state index contributed by atoms with van der Waals surface area (Å²) < 4.78 is 33.7. The van der Waals surface area contributed by atoms with E-state index in [1.165, 1.54) is 5.01 Å². The molecule has 0 spiro atoms. The van der Waals surface area contributed by atoms with Gasteiger partial charge >= 0.3 is 0 Å². The molecule has 104 valence electrons. The first-order valence-electron chi connectivity index (χ1n) is 5.16. The highest BCUT2D eigenvalue weighted by atomic mass is 32.2. The molecule has 1 heterocycles. The summed E-state index contributed by atoms with van der Waals surface area (Å²) in [4.78, 5) is 12.0. The molecule has 19 heavy (non-hydrogen) atoms. The lowest BCUT2D eigenvalue weighted by Crippen LogP contribution is -2.47. The maximum atomic E-state index is 11.9. The lowest BCUT2D eigenvalue weighted by atomic mass is 10.3. The van der Waals surface area contributed by atoms with Crippen LogP contribution in [0.5, 0.6) is 0 Å². The Hall–Kier alpha value is -1.59. The van der Waals surface area contributed by atoms with Gasteiger partial charge in [0.2, 0.25) is 0 Å². The number of nitrogens with zero attached hydrogens (tertiary/aromatic N) is 2. The van der Waals surface area contributed by atoms with Crippen LogP contribution in [0, 0.1) is 10.1 Å². The standard InChI is InChI=1S/C9H11N3O6S/c13-12(14)8-1-3-9(4-2-8)19(15,16)10-11-5-17-7-18-6-11/h1-4,10H,5-7H2. The Kier molecular flexibility index (Phi) is 4.07. The van der Waals surface area contributed by atoms with Crippen molar-refractivity contribution in [2.75, 3.05) is 20.3 Å². The average molecular weight is 289 g/mol. The minimum Gasteiger partial charge on any atom is -0.339 e. The van der Waals surface area contributed by atoms with E-state index >= 15 is 0 Å². The fraction of sp³-hybridized carbons (Fsp3) is 0.333. The predicted octanol–water partition coefficient (Wildman–Crippen LogP) is 0.00940. The molecule has 0 amide bonds. The number of nitrogens with one attached hydrogen (secondary N) is 1. The van der Waals surface area contributed by atoms with Crippen molar-refractivity contribution in [1.82, 2.24) is 9.84 Å². The van der Waals surface area contributed by atoms with Crippen molar-refractivity contribution >= 4 is 15.7 Å². The maximum absolute atomic E-state index is 11.9. The number of hydrogen-bond donors (Lipinski definition) is 1. The minimum atomic E-state index is -3.81. The van der Waals surface area contributed by atoms with Crippen molar-refractivity contribution in [3.63, 3.8) is 0 Å². The summed E-state index contributed by atoms with van der Waals surface area (Å²) in [5.74, 6) is 0. The highest BCUT2D eigenvalue weighted by Crippen LogP contribution is 2.16. The fourth-order valence-corrected chi connectivity index (χ4v) is 2.46. The van der Waals surface area contributed by atoms with Crippen molar-refractivity contribution in [2.45, 2.75) is 4.90 Å². The zero-order valence-electron chi connectivity index (χ0n) is 9.68. The third kappa shape index (κ3) is 3.45. The smallest absolute Gasteiger partial charge is 0.269 e. The Morgan fingerprint density at radius 2 is 1.79 bits per heavy atom. The Morgan fingerprint density at radius 1 is 1.21 bits per heavy atom. The molecule has 1 aliphatic rings. The van der Waals surface area contributed by atoms with Gasteiger partial charge in [-0.05, 0) is 12.1 Å². The molecule has 1 aromatic carbocycles. The number of benzene rings is 1. The van der Waals surface area contributed by atoms with Gasteiger partial charge in [-0.2, -0.15) is 5.01 Å². The predicted molar refractivity (Wildman–Crippen MR) is 62.0 cm³/mol. The van der Waals surface area contributed by atoms with E-state index < -0.39 is 14.9 Å². The summed E-state index contributed by atoms with van der Waals surface area (Å²) in [6.07, 6.45) is 0. The van der Waals surface area contributed by atoms with E-state index in [4.69, 9.17) is 9.47 Å². The summed E-state index contributed by atoms with van der Waals surface area (Å²) in [6.45, 7) is 0.230. The summed E-state index contributed by atoms with van der Waals surface area (Å²) >= 11 is 0. The van der Waals surface area contributed by atoms with Crippen molar-refractivity contribution in [3.05, 3.63) is 34.4 Å². The molecule has 2 rings (SSSR count). The first-order chi connectivity index (χ1) is 8.99. The maximum Gasteiger partial charge on any atom is 0.269 e. The lowest BCUT2D eigenvalue weighted by Gasteiger charge is -2.26. The molecule has 10 heteroatoms. The van der Waals surface area contributed by atoms with Crippen LogP contribution in [-0.4, -0.2) is 38.6 Å². The van der Waals surface area contributed by atoms with Gasteiger partial charge in [0.05, 0.1) is 9.82 Å². The molecule has 1 fully saturated rings. The van der Waals surface area contributed by atoms with E-state index in [0.29, 0.717) is 0 Å². The molecule has 0 atom stereocenters. The number of rotatable bonds is 4. The molecule has 0 aromatic heterocycles. The molecule has 0 aliphatic carbocycles. The lowest BCUT2D eigenvalue weighted by molar-refractivity contribution is -0.384. The van der Waals surface area contributed by atoms with Gasteiger partial charge in [0, 0.05) is 12.1 Å². The van der Waals surface area contributed by atoms with Crippen LogP contribution in [0.25, 0.3) is 0 Å². The number of nitro groups is 1. The first kappa shape index (κ1) is 13.8. The van der Waals surface area contributed by atoms with Crippen molar-refractivity contribution in [2.24, 2.45) is 0 Å². The van der Waals surface area contributed by atoms with Crippen LogP contribution in [0.3, 0.4) is 0 Å². The second-order valence-corrected chi connectivity index (χ2v) is 5.33. The molecule has 1 N–H and O–H groups in total. The second-order valence-electron chi connectivity index (χ2n) is 3.67. The van der Waals surface area contributed by atoms with Gasteiger partial charge < -0.3 is 9.47 Å². The highest BCUT2D eigenvalue weighted by Gasteiger charge is 2.21. The Balaban J connectivity index is 2.12. The van der Waals surface area contributed by atoms with Gasteiger partial charge in [-0.15, -0.1) is 4.83 Å². The third-order valence-electron chi connectivity index (χ3n) is 2.27. The van der Waals surface area contributed by atoms with Gasteiger partial charge in [0.15, 0.2) is 0 Å². The molecule has 1 aliphatic heterocycles. The number of non-ortho nitro benzene ring substituents is 1. The zero-order chi connectivity index (χ0) is 13.9. The van der Waals surface area contributed by atoms with Gasteiger partial charge in [0.1, 0.15) is 20.3 Å². The molecule has 1 saturated heterocycles. The average Bonchev–Trinajstić information content (AvgIpc) is 2.39. The van der Waals surface area contributed by atoms with Gasteiger partial charge in [0.25, 0.3) is 15.7 Å². The van der Waals surface area contributed by atoms with Crippen LogP contribution in [-0.2, 0) is 19.5 Å². The minimum absolute atomic E-state index is 0.0617. The van der Waals surface area contributed by atoms with Crippen molar-refractivity contribution in [1.29, 1.82) is 0 Å². The SMILES string of the molecule is O=[N+]([O-])c1ccc(S(=O)(=O)NN2COCOC2)cc1. The summed E-state index contributed by atoms with van der Waals surface area (Å²) in [5.41, 5.74) is -0.177. The number of ether oxygens (including phenoxy) is 2. The van der Waals surface area contributed by atoms with E-state index in [9.17, 15) is 18.5 Å². The Bertz CT molecular complexity index is 552. The summed E-state index contributed by atoms with van der Waals surface area (Å²) in [6, 6.07) is 4.56. The highest BCUT2D eigenvalue weighted by molar-refractivity contribution is 7.89. The molecule has 0 radical (unpaired) electrons. The summed E-state index contributed by atoms with van der Waals surface area (Å²) in [5, 5.41) is 11.7. The van der Waals surface area contributed by atoms with Crippen LogP contribution < -0.4 is 4.83 Å². The van der Waals surface area contributed by atoms with E-state index in [0.717, 1.165) is 24.3 Å². The molecular weight excluding hydrogens is 278 g/mol. The quantitative estimate of drug-likeness (QED) is 0.613. The molecule has 9 nitrogen and oxygen atoms in total. The largest absolute Gasteiger partial charge is 0.339 e. The van der Waals surface area contributed by atoms with Crippen molar-refractivity contribution < 1.29 is 22.8 Å².